The van der Waals surface area contributed by atoms with Crippen LogP contribution in [0.15, 0.2) is 30.5 Å². The number of hydrogen-bond donors (Lipinski definition) is 4. The van der Waals surface area contributed by atoms with Crippen molar-refractivity contribution in [2.24, 2.45) is 29.6 Å². The molecule has 7 nitrogen and oxygen atoms in total. The third-order valence-corrected chi connectivity index (χ3v) is 9.53. The number of aliphatic hydroxyl groups is 1. The van der Waals surface area contributed by atoms with Crippen molar-refractivity contribution < 1.29 is 27.4 Å². The Hall–Kier alpha value is -2.66. The van der Waals surface area contributed by atoms with Crippen molar-refractivity contribution in [1.29, 1.82) is 0 Å². The molecule has 1 heterocycles. The predicted molar refractivity (Wildman–Crippen MR) is 153 cm³/mol. The van der Waals surface area contributed by atoms with E-state index in [1.165, 1.54) is 31.0 Å². The van der Waals surface area contributed by atoms with Gasteiger partial charge >= 0.3 is 6.36 Å². The zero-order valence-corrected chi connectivity index (χ0v) is 24.4. The lowest BCUT2D eigenvalue weighted by atomic mass is 9.62. The molecule has 3 aliphatic rings. The molecule has 1 unspecified atom stereocenters. The maximum atomic E-state index is 14.6. The summed E-state index contributed by atoms with van der Waals surface area (Å²) in [5.41, 5.74) is -0.235. The van der Waals surface area contributed by atoms with E-state index in [9.17, 15) is 22.7 Å². The SMILES string of the molecule is C[C@@H]1CC2C[C@@H](CNc3nc(NCc4ccccc4OC(F)(F)F)ncc3F)C[C@@H](C2)[C@H]1NC[C@H]1CC[C@](C)(O)CC1. The molecule has 5 rings (SSSR count). The summed E-state index contributed by atoms with van der Waals surface area (Å²) in [5.74, 6) is 2.19. The quantitative estimate of drug-likeness (QED) is 0.234. The minimum absolute atomic E-state index is 0.0178. The highest BCUT2D eigenvalue weighted by Crippen LogP contribution is 2.45. The highest BCUT2D eigenvalue weighted by atomic mass is 19.4. The molecule has 0 saturated heterocycles. The van der Waals surface area contributed by atoms with E-state index in [2.05, 4.69) is 37.6 Å². The first-order chi connectivity index (χ1) is 19.9. The Kier molecular flexibility index (Phi) is 9.47. The number of anilines is 2. The molecule has 0 aliphatic heterocycles. The minimum Gasteiger partial charge on any atom is -0.405 e. The number of aromatic nitrogens is 2. The van der Waals surface area contributed by atoms with Crippen LogP contribution in [0.2, 0.25) is 0 Å². The lowest BCUT2D eigenvalue weighted by Gasteiger charge is -2.48. The smallest absolute Gasteiger partial charge is 0.405 e. The predicted octanol–water partition coefficient (Wildman–Crippen LogP) is 6.51. The minimum atomic E-state index is -4.80. The van der Waals surface area contributed by atoms with Crippen molar-refractivity contribution >= 4 is 11.8 Å². The molecule has 3 fully saturated rings. The van der Waals surface area contributed by atoms with Gasteiger partial charge in [0.15, 0.2) is 11.6 Å². The Labute approximate surface area is 245 Å². The van der Waals surface area contributed by atoms with Crippen LogP contribution in [0.1, 0.15) is 70.8 Å². The molecule has 2 aromatic rings. The van der Waals surface area contributed by atoms with Crippen LogP contribution in [-0.2, 0) is 6.54 Å². The standard InChI is InChI=1S/C31H43F4N5O2/c1-19-11-21-12-22(14-24(13-21)27(19)36-15-20-7-9-30(2,41)10-8-20)16-37-28-25(32)18-39-29(40-28)38-17-23-5-3-4-6-26(23)42-31(33,34)35/h3-6,18-22,24,27,36,41H,7-17H2,1-2H3,(H2,37,38,39,40)/t19-,20-,21?,22-,24-,27+,30-/m1/s1. The lowest BCUT2D eigenvalue weighted by molar-refractivity contribution is -0.274. The third-order valence-electron chi connectivity index (χ3n) is 9.53. The summed E-state index contributed by atoms with van der Waals surface area (Å²) in [6.07, 6.45) is 4.73. The Bertz CT molecular complexity index is 1180. The Morgan fingerprint density at radius 2 is 1.79 bits per heavy atom. The monoisotopic (exact) mass is 593 g/mol. The fraction of sp³-hybridized carbons (Fsp3) is 0.677. The van der Waals surface area contributed by atoms with Gasteiger partial charge in [-0.15, -0.1) is 13.2 Å². The van der Waals surface area contributed by atoms with Gasteiger partial charge in [-0.25, -0.2) is 9.37 Å². The van der Waals surface area contributed by atoms with E-state index in [1.54, 1.807) is 6.07 Å². The first-order valence-corrected chi connectivity index (χ1v) is 15.2. The number of benzene rings is 1. The van der Waals surface area contributed by atoms with Gasteiger partial charge in [0.1, 0.15) is 5.75 Å². The Balaban J connectivity index is 1.14. The van der Waals surface area contributed by atoms with E-state index in [-0.39, 0.29) is 29.6 Å². The zero-order chi connectivity index (χ0) is 29.9. The summed E-state index contributed by atoms with van der Waals surface area (Å²) < 4.78 is 57.0. The van der Waals surface area contributed by atoms with E-state index in [4.69, 9.17) is 0 Å². The second-order valence-corrected chi connectivity index (χ2v) is 13.1. The van der Waals surface area contributed by atoms with Crippen LogP contribution in [0.25, 0.3) is 0 Å². The second kappa shape index (κ2) is 12.9. The largest absolute Gasteiger partial charge is 0.573 e. The van der Waals surface area contributed by atoms with Crippen molar-refractivity contribution in [2.75, 3.05) is 23.7 Å². The molecule has 3 aliphatic carbocycles. The fourth-order valence-corrected chi connectivity index (χ4v) is 7.45. The summed E-state index contributed by atoms with van der Waals surface area (Å²) in [6, 6.07) is 6.30. The normalized spacial score (nSPS) is 31.4. The number of hydrogen-bond acceptors (Lipinski definition) is 7. The number of fused-ring (bicyclic) bond motifs is 2. The maximum Gasteiger partial charge on any atom is 0.573 e. The van der Waals surface area contributed by atoms with Crippen molar-refractivity contribution in [3.05, 3.63) is 41.8 Å². The van der Waals surface area contributed by atoms with Crippen molar-refractivity contribution in [1.82, 2.24) is 15.3 Å². The Morgan fingerprint density at radius 3 is 2.55 bits per heavy atom. The molecule has 232 valence electrons. The van der Waals surface area contributed by atoms with Crippen LogP contribution in [0.3, 0.4) is 0 Å². The van der Waals surface area contributed by atoms with Gasteiger partial charge in [-0.1, -0.05) is 25.1 Å². The first kappa shape index (κ1) is 30.8. The molecule has 3 saturated carbocycles. The van der Waals surface area contributed by atoms with Crippen LogP contribution in [0.5, 0.6) is 5.75 Å². The van der Waals surface area contributed by atoms with Crippen LogP contribution in [0, 0.1) is 35.4 Å². The molecule has 0 spiro atoms. The van der Waals surface area contributed by atoms with Crippen LogP contribution < -0.4 is 20.7 Å². The summed E-state index contributed by atoms with van der Waals surface area (Å²) in [6.45, 7) is 5.89. The summed E-state index contributed by atoms with van der Waals surface area (Å²) in [7, 11) is 0. The third kappa shape index (κ3) is 8.24. The van der Waals surface area contributed by atoms with Gasteiger partial charge in [-0.2, -0.15) is 4.98 Å². The maximum absolute atomic E-state index is 14.6. The van der Waals surface area contributed by atoms with Gasteiger partial charge in [0.05, 0.1) is 11.8 Å². The highest BCUT2D eigenvalue weighted by molar-refractivity contribution is 5.43. The second-order valence-electron chi connectivity index (χ2n) is 13.1. The van der Waals surface area contributed by atoms with Gasteiger partial charge in [-0.05, 0) is 100 Å². The van der Waals surface area contributed by atoms with Crippen LogP contribution in [-0.4, -0.2) is 46.2 Å². The number of alkyl halides is 3. The number of rotatable bonds is 10. The van der Waals surface area contributed by atoms with Crippen molar-refractivity contribution in [3.63, 3.8) is 0 Å². The molecule has 1 aromatic carbocycles. The van der Waals surface area contributed by atoms with Crippen LogP contribution >= 0.6 is 0 Å². The molecular formula is C31H43F4N5O2. The van der Waals surface area contributed by atoms with E-state index in [0.29, 0.717) is 42.2 Å². The highest BCUT2D eigenvalue weighted by Gasteiger charge is 2.41. The molecule has 42 heavy (non-hydrogen) atoms. The molecule has 0 radical (unpaired) electrons. The molecule has 2 bridgehead atoms. The summed E-state index contributed by atoms with van der Waals surface area (Å²) in [4.78, 5) is 8.23. The Morgan fingerprint density at radius 1 is 1.02 bits per heavy atom. The summed E-state index contributed by atoms with van der Waals surface area (Å²) in [5, 5.41) is 20.3. The van der Waals surface area contributed by atoms with Gasteiger partial charge in [0, 0.05) is 24.7 Å². The van der Waals surface area contributed by atoms with Crippen LogP contribution in [0.4, 0.5) is 29.3 Å². The number of nitrogens with one attached hydrogen (secondary N) is 3. The molecule has 5 atom stereocenters. The topological polar surface area (TPSA) is 91.3 Å². The van der Waals surface area contributed by atoms with Gasteiger partial charge < -0.3 is 25.8 Å². The average molecular weight is 594 g/mol. The van der Waals surface area contributed by atoms with Gasteiger partial charge in [0.25, 0.3) is 0 Å². The van der Waals surface area contributed by atoms with Gasteiger partial charge in [-0.3, -0.25) is 0 Å². The molecule has 1 aromatic heterocycles. The lowest BCUT2D eigenvalue weighted by Crippen LogP contribution is -2.51. The molecule has 0 amide bonds. The average Bonchev–Trinajstić information content (AvgIpc) is 2.92. The molecular weight excluding hydrogens is 550 g/mol. The van der Waals surface area contributed by atoms with E-state index in [1.807, 2.05) is 6.92 Å². The number of para-hydroxylation sites is 1. The van der Waals surface area contributed by atoms with Gasteiger partial charge in [0.2, 0.25) is 5.95 Å². The van der Waals surface area contributed by atoms with E-state index >= 15 is 0 Å². The molecule has 4 N–H and O–H groups in total. The summed E-state index contributed by atoms with van der Waals surface area (Å²) >= 11 is 0. The molecule has 11 heteroatoms. The fourth-order valence-electron chi connectivity index (χ4n) is 7.45. The number of nitrogens with zero attached hydrogens (tertiary/aromatic N) is 2. The van der Waals surface area contributed by atoms with E-state index in [0.717, 1.165) is 51.3 Å². The number of halogens is 4. The number of ether oxygens (including phenoxy) is 1. The zero-order valence-electron chi connectivity index (χ0n) is 24.4. The van der Waals surface area contributed by atoms with E-state index < -0.39 is 17.8 Å². The first-order valence-electron chi connectivity index (χ1n) is 15.2. The van der Waals surface area contributed by atoms with Crippen molar-refractivity contribution in [3.8, 4) is 5.75 Å². The van der Waals surface area contributed by atoms with Crippen molar-refractivity contribution in [2.45, 2.75) is 89.8 Å².